The summed E-state index contributed by atoms with van der Waals surface area (Å²) in [4.78, 5) is 28.8. The molecule has 0 radical (unpaired) electrons. The van der Waals surface area contributed by atoms with Gasteiger partial charge in [0.25, 0.3) is 8.32 Å². The first-order chi connectivity index (χ1) is 19.1. The molecule has 4 rings (SSSR count). The van der Waals surface area contributed by atoms with Crippen molar-refractivity contribution in [1.29, 1.82) is 0 Å². The van der Waals surface area contributed by atoms with E-state index in [1.165, 1.54) is 7.11 Å². The number of carbonyl (C=O) groups is 2. The third-order valence-corrected chi connectivity index (χ3v) is 14.8. The quantitative estimate of drug-likeness (QED) is 0.171. The fraction of sp³-hybridized carbons (Fsp3) is 0.455. The first kappa shape index (κ1) is 29.7. The fourth-order valence-corrected chi connectivity index (χ4v) is 12.4. The van der Waals surface area contributed by atoms with E-state index in [-0.39, 0.29) is 5.92 Å². The monoisotopic (exact) mass is 561 g/mol. The van der Waals surface area contributed by atoms with Gasteiger partial charge < -0.3 is 18.8 Å². The van der Waals surface area contributed by atoms with Gasteiger partial charge in [-0.1, -0.05) is 71.9 Å². The second-order valence-electron chi connectivity index (χ2n) is 11.8. The lowest BCUT2D eigenvalue weighted by Gasteiger charge is -2.47. The average Bonchev–Trinajstić information content (AvgIpc) is 3.40. The summed E-state index contributed by atoms with van der Waals surface area (Å²) in [6, 6.07) is 17.4. The lowest BCUT2D eigenvalue weighted by Crippen LogP contribution is -2.51. The van der Waals surface area contributed by atoms with E-state index in [1.54, 1.807) is 7.11 Å². The van der Waals surface area contributed by atoms with Crippen molar-refractivity contribution >= 4 is 25.8 Å². The van der Waals surface area contributed by atoms with Crippen LogP contribution in [0.3, 0.4) is 0 Å². The number of hydrogen-bond donors (Lipinski definition) is 0. The molecule has 2 aliphatic rings. The first-order valence-electron chi connectivity index (χ1n) is 14.3. The van der Waals surface area contributed by atoms with Crippen molar-refractivity contribution in [3.8, 4) is 5.75 Å². The van der Waals surface area contributed by atoms with E-state index in [0.29, 0.717) is 23.0 Å². The minimum Gasteiger partial charge on any atom is -0.545 e. The first-order valence-corrected chi connectivity index (χ1v) is 16.4. The summed E-state index contributed by atoms with van der Waals surface area (Å²) in [7, 11) is 0.610. The topological polar surface area (TPSA) is 65.1 Å². The summed E-state index contributed by atoms with van der Waals surface area (Å²) in [5.74, 6) is -0.534. The van der Waals surface area contributed by atoms with Gasteiger partial charge in [-0.25, -0.2) is 4.79 Å². The van der Waals surface area contributed by atoms with E-state index >= 15 is 0 Å². The molecule has 0 saturated heterocycles. The van der Waals surface area contributed by atoms with E-state index < -0.39 is 32.0 Å². The van der Waals surface area contributed by atoms with Crippen LogP contribution in [-0.2, 0) is 18.8 Å². The van der Waals surface area contributed by atoms with Crippen molar-refractivity contribution in [2.24, 2.45) is 5.92 Å². The van der Waals surface area contributed by atoms with Gasteiger partial charge in [0.15, 0.2) is 0 Å². The summed E-state index contributed by atoms with van der Waals surface area (Å²) in [6.45, 7) is 13.7. The van der Waals surface area contributed by atoms with E-state index in [2.05, 4.69) is 52.5 Å². The number of esters is 1. The Kier molecular flexibility index (Phi) is 8.93. The number of Topliss-reactive ketones (excluding diaryl/α,β-unsaturated/α-hetero) is 1. The van der Waals surface area contributed by atoms with Gasteiger partial charge in [0.05, 0.1) is 31.9 Å². The smallest absolute Gasteiger partial charge is 0.374 e. The zero-order valence-electron chi connectivity index (χ0n) is 25.0. The van der Waals surface area contributed by atoms with Crippen LogP contribution >= 0.6 is 0 Å². The van der Waals surface area contributed by atoms with Crippen LogP contribution < -0.4 is 9.64 Å². The minimum absolute atomic E-state index is 0.254. The number of carbonyl (C=O) groups excluding carboxylic acids is 2. The Morgan fingerprint density at radius 3 is 2.00 bits per heavy atom. The second kappa shape index (κ2) is 12.0. The third kappa shape index (κ3) is 5.23. The number of benzene rings is 2. The summed E-state index contributed by atoms with van der Waals surface area (Å²) >= 11 is 0. The molecule has 0 fully saturated rings. The van der Waals surface area contributed by atoms with Crippen LogP contribution in [0.15, 0.2) is 78.2 Å². The van der Waals surface area contributed by atoms with Crippen molar-refractivity contribution in [3.05, 3.63) is 83.8 Å². The molecule has 0 bridgehead atoms. The summed E-state index contributed by atoms with van der Waals surface area (Å²) in [6.07, 6.45) is 4.63. The number of ketones is 1. The van der Waals surface area contributed by atoms with Gasteiger partial charge >= 0.3 is 5.97 Å². The SMILES string of the molecule is COC(=O)C(=O)[C@@H]1[C@@H](c2ccccc2)CC(O[Si](C(C)C)(C(C)C)C(C)C)=C2C=CN(c3ccc(OC)cc3)[C@H]21. The molecule has 3 atom stereocenters. The van der Waals surface area contributed by atoms with Crippen LogP contribution in [-0.4, -0.2) is 40.3 Å². The molecular formula is C33H43NO5Si. The molecule has 0 N–H and O–H groups in total. The average molecular weight is 562 g/mol. The van der Waals surface area contributed by atoms with Crippen molar-refractivity contribution in [2.45, 2.75) is 76.5 Å². The highest BCUT2D eigenvalue weighted by Gasteiger charge is 2.53. The second-order valence-corrected chi connectivity index (χ2v) is 17.1. The van der Waals surface area contributed by atoms with Gasteiger partial charge in [-0.2, -0.15) is 0 Å². The number of allylic oxidation sites excluding steroid dienone is 1. The minimum atomic E-state index is -2.30. The maximum absolute atomic E-state index is 13.8. The number of nitrogens with zero attached hydrogens (tertiary/aromatic N) is 1. The van der Waals surface area contributed by atoms with E-state index in [0.717, 1.165) is 28.3 Å². The van der Waals surface area contributed by atoms with Gasteiger partial charge in [0, 0.05) is 29.8 Å². The molecule has 2 aromatic rings. The Bertz CT molecular complexity index is 1240. The predicted molar refractivity (Wildman–Crippen MR) is 162 cm³/mol. The summed E-state index contributed by atoms with van der Waals surface area (Å²) in [5.41, 5.74) is 4.08. The number of rotatable bonds is 10. The number of fused-ring (bicyclic) bond motifs is 1. The molecule has 214 valence electrons. The Morgan fingerprint density at radius 1 is 0.875 bits per heavy atom. The van der Waals surface area contributed by atoms with Crippen molar-refractivity contribution in [3.63, 3.8) is 0 Å². The molecule has 6 nitrogen and oxygen atoms in total. The highest BCUT2D eigenvalue weighted by molar-refractivity contribution is 6.77. The van der Waals surface area contributed by atoms with Crippen LogP contribution in [0.5, 0.6) is 5.75 Å². The lowest BCUT2D eigenvalue weighted by molar-refractivity contribution is -0.154. The van der Waals surface area contributed by atoms with Gasteiger partial charge in [-0.3, -0.25) is 4.79 Å². The van der Waals surface area contributed by atoms with Gasteiger partial charge in [0.1, 0.15) is 5.75 Å². The molecular weight excluding hydrogens is 518 g/mol. The van der Waals surface area contributed by atoms with Crippen LogP contribution in [0.1, 0.15) is 59.4 Å². The van der Waals surface area contributed by atoms with Gasteiger partial charge in [-0.05, 0) is 52.5 Å². The summed E-state index contributed by atoms with van der Waals surface area (Å²) in [5, 5.41) is 0. The predicted octanol–water partition coefficient (Wildman–Crippen LogP) is 7.39. The molecule has 2 aromatic carbocycles. The standard InChI is InChI=1S/C33H43NO5Si/c1-21(2)40(22(3)4,23(5)6)39-29-20-28(24-12-10-9-11-13-24)30(32(35)33(36)38-8)31-27(29)18-19-34(31)25-14-16-26(37-7)17-15-25/h9-19,21-23,28,30-31H,20H2,1-8H3/t28-,30-,31-/m1/s1. The van der Waals surface area contributed by atoms with Crippen molar-refractivity contribution in [1.82, 2.24) is 0 Å². The van der Waals surface area contributed by atoms with Gasteiger partial charge in [0.2, 0.25) is 5.78 Å². The molecule has 0 saturated carbocycles. The third-order valence-electron chi connectivity index (χ3n) is 8.83. The number of methoxy groups -OCH3 is 2. The normalized spacial score (nSPS) is 20.8. The highest BCUT2D eigenvalue weighted by Crippen LogP contribution is 2.51. The van der Waals surface area contributed by atoms with Crippen molar-refractivity contribution in [2.75, 3.05) is 19.1 Å². The van der Waals surface area contributed by atoms with Gasteiger partial charge in [-0.15, -0.1) is 0 Å². The molecule has 40 heavy (non-hydrogen) atoms. The summed E-state index contributed by atoms with van der Waals surface area (Å²) < 4.78 is 17.7. The Morgan fingerprint density at radius 2 is 1.48 bits per heavy atom. The number of hydrogen-bond acceptors (Lipinski definition) is 6. The molecule has 7 heteroatoms. The highest BCUT2D eigenvalue weighted by atomic mass is 28.4. The van der Waals surface area contributed by atoms with E-state index in [9.17, 15) is 9.59 Å². The maximum Gasteiger partial charge on any atom is 0.374 e. The largest absolute Gasteiger partial charge is 0.545 e. The lowest BCUT2D eigenvalue weighted by atomic mass is 9.70. The maximum atomic E-state index is 13.8. The van der Waals surface area contributed by atoms with Crippen LogP contribution in [0.2, 0.25) is 16.6 Å². The zero-order valence-corrected chi connectivity index (χ0v) is 26.0. The molecule has 0 amide bonds. The molecule has 1 aliphatic heterocycles. The van der Waals surface area contributed by atoms with Crippen LogP contribution in [0.4, 0.5) is 5.69 Å². The zero-order chi connectivity index (χ0) is 29.2. The molecule has 0 unspecified atom stereocenters. The molecule has 1 heterocycles. The van der Waals surface area contributed by atoms with Crippen LogP contribution in [0, 0.1) is 5.92 Å². The van der Waals surface area contributed by atoms with Crippen LogP contribution in [0.25, 0.3) is 0 Å². The Labute approximate surface area is 240 Å². The molecule has 0 spiro atoms. The van der Waals surface area contributed by atoms with E-state index in [1.807, 2.05) is 60.8 Å². The Balaban J connectivity index is 1.93. The molecule has 1 aliphatic carbocycles. The number of anilines is 1. The molecule has 0 aromatic heterocycles. The fourth-order valence-electron chi connectivity index (χ4n) is 7.05. The van der Waals surface area contributed by atoms with E-state index in [4.69, 9.17) is 13.9 Å². The van der Waals surface area contributed by atoms with Crippen molar-refractivity contribution < 1.29 is 23.5 Å². The number of ether oxygens (including phenoxy) is 2. The Hall–Kier alpha value is -3.32.